The van der Waals surface area contributed by atoms with Gasteiger partial charge in [0, 0.05) is 23.3 Å². The van der Waals surface area contributed by atoms with Crippen LogP contribution in [0.2, 0.25) is 0 Å². The normalized spacial score (nSPS) is 16.9. The van der Waals surface area contributed by atoms with Gasteiger partial charge in [-0.1, -0.05) is 6.07 Å². The molecule has 0 aliphatic heterocycles. The van der Waals surface area contributed by atoms with Crippen molar-refractivity contribution in [1.29, 1.82) is 0 Å². The van der Waals surface area contributed by atoms with E-state index in [1.165, 1.54) is 12.0 Å². The minimum absolute atomic E-state index is 0.0544. The Balaban J connectivity index is 2.42. The van der Waals surface area contributed by atoms with Crippen molar-refractivity contribution < 1.29 is 17.9 Å². The van der Waals surface area contributed by atoms with Gasteiger partial charge in [-0.15, -0.1) is 0 Å². The maximum absolute atomic E-state index is 12.8. The second kappa shape index (κ2) is 5.52. The van der Waals surface area contributed by atoms with Crippen LogP contribution in [0, 0.1) is 0 Å². The average molecular weight is 288 g/mol. The highest BCUT2D eigenvalue weighted by atomic mass is 19.4. The second-order valence-corrected chi connectivity index (χ2v) is 5.16. The van der Waals surface area contributed by atoms with Crippen LogP contribution in [-0.2, 0) is 0 Å². The van der Waals surface area contributed by atoms with E-state index in [0.29, 0.717) is 17.0 Å². The molecule has 6 heteroatoms. The summed E-state index contributed by atoms with van der Waals surface area (Å²) in [6.07, 6.45) is -2.67. The Kier molecular flexibility index (Phi) is 4.13. The molecule has 1 aliphatic carbocycles. The molecular weight excluding hydrogens is 269 g/mol. The van der Waals surface area contributed by atoms with E-state index in [0.717, 1.165) is 12.8 Å². The number of methoxy groups -OCH3 is 1. The summed E-state index contributed by atoms with van der Waals surface area (Å²) in [6, 6.07) is 4.66. The molecule has 0 bridgehead atoms. The number of alkyl halides is 3. The molecule has 3 nitrogen and oxygen atoms in total. The lowest BCUT2D eigenvalue weighted by molar-refractivity contribution is -0.120. The highest BCUT2D eigenvalue weighted by Crippen LogP contribution is 2.40. The molecule has 0 unspecified atom stereocenters. The zero-order chi connectivity index (χ0) is 14.9. The molecule has 2 rings (SSSR count). The zero-order valence-corrected chi connectivity index (χ0v) is 11.6. The Morgan fingerprint density at radius 3 is 2.50 bits per heavy atom. The molecular formula is C14H19F3N2O. The lowest BCUT2D eigenvalue weighted by atomic mass is 10.0. The number of anilines is 1. The molecule has 0 radical (unpaired) electrons. The van der Waals surface area contributed by atoms with Crippen molar-refractivity contribution in [2.24, 2.45) is 5.73 Å². The Labute approximate surface area is 116 Å². The Morgan fingerprint density at radius 2 is 2.05 bits per heavy atom. The minimum Gasteiger partial charge on any atom is -0.496 e. The second-order valence-electron chi connectivity index (χ2n) is 5.16. The molecule has 20 heavy (non-hydrogen) atoms. The van der Waals surface area contributed by atoms with E-state index < -0.39 is 18.8 Å². The maximum atomic E-state index is 12.8. The first-order chi connectivity index (χ1) is 9.33. The number of halogens is 3. The quantitative estimate of drug-likeness (QED) is 0.904. The van der Waals surface area contributed by atoms with Crippen LogP contribution in [-0.4, -0.2) is 25.9 Å². The summed E-state index contributed by atoms with van der Waals surface area (Å²) in [5.41, 5.74) is 7.08. The van der Waals surface area contributed by atoms with Crippen LogP contribution in [0.15, 0.2) is 18.2 Å². The molecule has 0 amide bonds. The summed E-state index contributed by atoms with van der Waals surface area (Å²) in [5, 5.41) is 0. The van der Waals surface area contributed by atoms with Crippen molar-refractivity contribution in [3.8, 4) is 5.75 Å². The van der Waals surface area contributed by atoms with E-state index >= 15 is 0 Å². The third-order valence-electron chi connectivity index (χ3n) is 3.37. The summed E-state index contributed by atoms with van der Waals surface area (Å²) in [4.78, 5) is 1.40. The Hall–Kier alpha value is -1.43. The number of hydrogen-bond donors (Lipinski definition) is 1. The molecule has 1 aromatic rings. The summed E-state index contributed by atoms with van der Waals surface area (Å²) < 4.78 is 43.6. The largest absolute Gasteiger partial charge is 0.496 e. The van der Waals surface area contributed by atoms with Gasteiger partial charge in [-0.05, 0) is 31.9 Å². The van der Waals surface area contributed by atoms with Gasteiger partial charge in [0.2, 0.25) is 0 Å². The van der Waals surface area contributed by atoms with Gasteiger partial charge in [0.05, 0.1) is 7.11 Å². The van der Waals surface area contributed by atoms with Crippen LogP contribution in [0.4, 0.5) is 18.9 Å². The topological polar surface area (TPSA) is 38.5 Å². The molecule has 1 atom stereocenters. The van der Waals surface area contributed by atoms with E-state index in [4.69, 9.17) is 10.5 Å². The molecule has 1 saturated carbocycles. The van der Waals surface area contributed by atoms with Gasteiger partial charge >= 0.3 is 6.18 Å². The van der Waals surface area contributed by atoms with Crippen molar-refractivity contribution in [3.05, 3.63) is 23.8 Å². The fraction of sp³-hybridized carbons (Fsp3) is 0.571. The number of benzene rings is 1. The monoisotopic (exact) mass is 288 g/mol. The summed E-state index contributed by atoms with van der Waals surface area (Å²) >= 11 is 0. The van der Waals surface area contributed by atoms with Crippen molar-refractivity contribution >= 4 is 5.69 Å². The predicted molar refractivity (Wildman–Crippen MR) is 72.0 cm³/mol. The smallest absolute Gasteiger partial charge is 0.405 e. The van der Waals surface area contributed by atoms with E-state index in [1.54, 1.807) is 25.1 Å². The third-order valence-corrected chi connectivity index (χ3v) is 3.37. The molecule has 0 heterocycles. The molecule has 1 aliphatic rings. The molecule has 1 fully saturated rings. The van der Waals surface area contributed by atoms with Crippen molar-refractivity contribution in [2.45, 2.75) is 38.0 Å². The maximum Gasteiger partial charge on any atom is 0.405 e. The van der Waals surface area contributed by atoms with Gasteiger partial charge < -0.3 is 15.4 Å². The fourth-order valence-corrected chi connectivity index (χ4v) is 2.41. The first-order valence-electron chi connectivity index (χ1n) is 6.59. The summed E-state index contributed by atoms with van der Waals surface area (Å²) in [7, 11) is 1.50. The number of ether oxygens (including phenoxy) is 1. The molecule has 1 aromatic carbocycles. The predicted octanol–water partition coefficient (Wildman–Crippen LogP) is 3.25. The average Bonchev–Trinajstić information content (AvgIpc) is 3.18. The third kappa shape index (κ3) is 3.36. The summed E-state index contributed by atoms with van der Waals surface area (Å²) in [6.45, 7) is 0.796. The lowest BCUT2D eigenvalue weighted by Gasteiger charge is -2.30. The first-order valence-corrected chi connectivity index (χ1v) is 6.59. The number of nitrogens with two attached hydrogens (primary N) is 1. The molecule has 2 N–H and O–H groups in total. The SMILES string of the molecule is COc1cccc(N(CC(F)(F)F)C2CC2)c1[C@@H](C)N. The van der Waals surface area contributed by atoms with Crippen LogP contribution >= 0.6 is 0 Å². The van der Waals surface area contributed by atoms with Crippen molar-refractivity contribution in [3.63, 3.8) is 0 Å². The van der Waals surface area contributed by atoms with Crippen molar-refractivity contribution in [2.75, 3.05) is 18.6 Å². The van der Waals surface area contributed by atoms with Crippen LogP contribution in [0.25, 0.3) is 0 Å². The molecule has 0 aromatic heterocycles. The van der Waals surface area contributed by atoms with Gasteiger partial charge in [-0.2, -0.15) is 13.2 Å². The van der Waals surface area contributed by atoms with Gasteiger partial charge in [0.1, 0.15) is 12.3 Å². The van der Waals surface area contributed by atoms with Crippen LogP contribution < -0.4 is 15.4 Å². The number of nitrogens with zero attached hydrogens (tertiary/aromatic N) is 1. The number of hydrogen-bond acceptors (Lipinski definition) is 3. The van der Waals surface area contributed by atoms with Crippen LogP contribution in [0.1, 0.15) is 31.4 Å². The highest BCUT2D eigenvalue weighted by Gasteiger charge is 2.39. The van der Waals surface area contributed by atoms with E-state index in [1.807, 2.05) is 0 Å². The highest BCUT2D eigenvalue weighted by molar-refractivity contribution is 5.62. The molecule has 112 valence electrons. The van der Waals surface area contributed by atoms with E-state index in [-0.39, 0.29) is 6.04 Å². The standard InChI is InChI=1S/C14H19F3N2O/c1-9(18)13-11(4-3-5-12(13)20-2)19(10-6-7-10)8-14(15,16)17/h3-5,9-10H,6-8,18H2,1-2H3/t9-/m1/s1. The van der Waals surface area contributed by atoms with Crippen molar-refractivity contribution in [1.82, 2.24) is 0 Å². The summed E-state index contributed by atoms with van der Waals surface area (Å²) in [5.74, 6) is 0.533. The molecule has 0 saturated heterocycles. The van der Waals surface area contributed by atoms with E-state index in [9.17, 15) is 13.2 Å². The Morgan fingerprint density at radius 1 is 1.40 bits per heavy atom. The van der Waals surface area contributed by atoms with E-state index in [2.05, 4.69) is 0 Å². The first kappa shape index (κ1) is 15.0. The van der Waals surface area contributed by atoms with Gasteiger partial charge in [-0.3, -0.25) is 0 Å². The van der Waals surface area contributed by atoms with Gasteiger partial charge in [-0.25, -0.2) is 0 Å². The van der Waals surface area contributed by atoms with Crippen LogP contribution in [0.3, 0.4) is 0 Å². The minimum atomic E-state index is -4.24. The Bertz CT molecular complexity index is 470. The van der Waals surface area contributed by atoms with Gasteiger partial charge in [0.25, 0.3) is 0 Å². The molecule has 0 spiro atoms. The zero-order valence-electron chi connectivity index (χ0n) is 11.6. The number of rotatable bonds is 5. The van der Waals surface area contributed by atoms with Crippen LogP contribution in [0.5, 0.6) is 5.75 Å². The lowest BCUT2D eigenvalue weighted by Crippen LogP contribution is -2.37. The fourth-order valence-electron chi connectivity index (χ4n) is 2.41. The van der Waals surface area contributed by atoms with Gasteiger partial charge in [0.15, 0.2) is 0 Å².